The van der Waals surface area contributed by atoms with E-state index in [9.17, 15) is 9.59 Å². The van der Waals surface area contributed by atoms with Gasteiger partial charge in [0, 0.05) is 18.5 Å². The third-order valence-corrected chi connectivity index (χ3v) is 3.82. The molecular weight excluding hydrogens is 268 g/mol. The minimum absolute atomic E-state index is 0.0498. The van der Waals surface area contributed by atoms with Gasteiger partial charge in [-0.1, -0.05) is 24.3 Å². The number of carbonyl (C=O) groups is 2. The van der Waals surface area contributed by atoms with Crippen LogP contribution in [0.4, 0.5) is 0 Å². The van der Waals surface area contributed by atoms with Crippen molar-refractivity contribution in [2.75, 3.05) is 0 Å². The molecule has 5 heteroatoms. The number of nitrogens with one attached hydrogen (secondary N) is 2. The molecule has 0 saturated carbocycles. The van der Waals surface area contributed by atoms with E-state index in [4.69, 9.17) is 5.11 Å². The van der Waals surface area contributed by atoms with Crippen molar-refractivity contribution < 1.29 is 14.7 Å². The van der Waals surface area contributed by atoms with E-state index < -0.39 is 11.5 Å². The molecule has 21 heavy (non-hydrogen) atoms. The lowest BCUT2D eigenvalue weighted by molar-refractivity contribution is -0.138. The molecule has 0 unspecified atom stereocenters. The van der Waals surface area contributed by atoms with E-state index in [-0.39, 0.29) is 18.4 Å². The number of hydrogen-bond acceptors (Lipinski definition) is 3. The molecule has 0 spiro atoms. The molecule has 0 bridgehead atoms. The van der Waals surface area contributed by atoms with Crippen LogP contribution in [0.15, 0.2) is 24.3 Å². The second-order valence-corrected chi connectivity index (χ2v) is 6.17. The van der Waals surface area contributed by atoms with Crippen LogP contribution in [0.25, 0.3) is 0 Å². The zero-order valence-electron chi connectivity index (χ0n) is 12.5. The van der Waals surface area contributed by atoms with Gasteiger partial charge in [0.2, 0.25) is 5.91 Å². The Morgan fingerprint density at radius 2 is 2.00 bits per heavy atom. The molecule has 0 saturated heterocycles. The average Bonchev–Trinajstić information content (AvgIpc) is 2.44. The van der Waals surface area contributed by atoms with Crippen molar-refractivity contribution in [1.29, 1.82) is 0 Å². The number of hydrogen-bond donors (Lipinski definition) is 3. The normalized spacial score (nSPS) is 17.9. The molecule has 5 nitrogen and oxygen atoms in total. The quantitative estimate of drug-likeness (QED) is 0.767. The monoisotopic (exact) mass is 290 g/mol. The van der Waals surface area contributed by atoms with Gasteiger partial charge in [-0.05, 0) is 37.8 Å². The van der Waals surface area contributed by atoms with Crippen molar-refractivity contribution >= 4 is 11.9 Å². The van der Waals surface area contributed by atoms with Gasteiger partial charge in [0.25, 0.3) is 0 Å². The molecule has 1 amide bonds. The lowest BCUT2D eigenvalue weighted by atomic mass is 9.93. The van der Waals surface area contributed by atoms with E-state index in [0.717, 1.165) is 0 Å². The number of benzene rings is 1. The number of carboxylic acid groups (broad SMARTS) is 1. The van der Waals surface area contributed by atoms with E-state index in [0.29, 0.717) is 19.4 Å². The highest BCUT2D eigenvalue weighted by atomic mass is 16.4. The van der Waals surface area contributed by atoms with E-state index in [1.807, 2.05) is 32.0 Å². The molecule has 114 valence electrons. The van der Waals surface area contributed by atoms with Crippen molar-refractivity contribution in [3.05, 3.63) is 35.4 Å². The Morgan fingerprint density at radius 1 is 1.33 bits per heavy atom. The van der Waals surface area contributed by atoms with Crippen LogP contribution in [0.5, 0.6) is 0 Å². The minimum Gasteiger partial charge on any atom is -0.481 e. The minimum atomic E-state index is -0.845. The van der Waals surface area contributed by atoms with Crippen molar-refractivity contribution in [1.82, 2.24) is 10.6 Å². The second-order valence-electron chi connectivity index (χ2n) is 6.17. The van der Waals surface area contributed by atoms with E-state index >= 15 is 0 Å². The molecule has 0 aromatic heterocycles. The zero-order valence-corrected chi connectivity index (χ0v) is 12.5. The average molecular weight is 290 g/mol. The Hall–Kier alpha value is -1.88. The van der Waals surface area contributed by atoms with Gasteiger partial charge < -0.3 is 15.7 Å². The van der Waals surface area contributed by atoms with Gasteiger partial charge >= 0.3 is 5.97 Å². The fraction of sp³-hybridized carbons (Fsp3) is 0.500. The standard InChI is InChI=1S/C16H22N2O3/c1-16(2,8-7-14(19)20)18-15(21)13-9-11-5-3-4-6-12(11)10-17-13/h3-6,13,17H,7-10H2,1-2H3,(H,18,21)(H,19,20)/t13-/m1/s1. The lowest BCUT2D eigenvalue weighted by Crippen LogP contribution is -2.54. The Labute approximate surface area is 124 Å². The molecule has 3 N–H and O–H groups in total. The number of aliphatic carboxylic acids is 1. The summed E-state index contributed by atoms with van der Waals surface area (Å²) in [5.41, 5.74) is 1.90. The van der Waals surface area contributed by atoms with Crippen LogP contribution in [-0.2, 0) is 22.6 Å². The zero-order chi connectivity index (χ0) is 15.5. The fourth-order valence-electron chi connectivity index (χ4n) is 2.54. The third kappa shape index (κ3) is 4.29. The molecule has 1 atom stereocenters. The first-order valence-corrected chi connectivity index (χ1v) is 7.21. The van der Waals surface area contributed by atoms with Gasteiger partial charge in [-0.25, -0.2) is 0 Å². The number of rotatable bonds is 5. The summed E-state index contributed by atoms with van der Waals surface area (Å²) in [7, 11) is 0. The van der Waals surface area contributed by atoms with Gasteiger partial charge in [0.1, 0.15) is 0 Å². The fourth-order valence-corrected chi connectivity index (χ4v) is 2.54. The number of carboxylic acids is 1. The SMILES string of the molecule is CC(C)(CCC(=O)O)NC(=O)[C@H]1Cc2ccccc2CN1. The summed E-state index contributed by atoms with van der Waals surface area (Å²) < 4.78 is 0. The van der Waals surface area contributed by atoms with Gasteiger partial charge in [0.05, 0.1) is 6.04 Å². The highest BCUT2D eigenvalue weighted by Crippen LogP contribution is 2.18. The van der Waals surface area contributed by atoms with Gasteiger partial charge in [-0.2, -0.15) is 0 Å². The topological polar surface area (TPSA) is 78.4 Å². The Kier molecular flexibility index (Phi) is 4.63. The molecule has 1 heterocycles. The first-order valence-electron chi connectivity index (χ1n) is 7.21. The van der Waals surface area contributed by atoms with Crippen molar-refractivity contribution in [2.45, 2.75) is 51.2 Å². The van der Waals surface area contributed by atoms with Crippen LogP contribution >= 0.6 is 0 Å². The predicted molar refractivity (Wildman–Crippen MR) is 79.9 cm³/mol. The summed E-state index contributed by atoms with van der Waals surface area (Å²) in [5.74, 6) is -0.915. The van der Waals surface area contributed by atoms with E-state index in [1.54, 1.807) is 0 Å². The summed E-state index contributed by atoms with van der Waals surface area (Å²) in [5, 5.41) is 14.9. The van der Waals surface area contributed by atoms with Gasteiger partial charge in [-0.15, -0.1) is 0 Å². The lowest BCUT2D eigenvalue weighted by Gasteiger charge is -2.31. The second kappa shape index (κ2) is 6.26. The highest BCUT2D eigenvalue weighted by Gasteiger charge is 2.28. The van der Waals surface area contributed by atoms with Crippen LogP contribution < -0.4 is 10.6 Å². The van der Waals surface area contributed by atoms with Crippen LogP contribution in [0.3, 0.4) is 0 Å². The number of carbonyl (C=O) groups excluding carboxylic acids is 1. The molecule has 1 aliphatic rings. The first kappa shape index (κ1) is 15.5. The van der Waals surface area contributed by atoms with E-state index in [1.165, 1.54) is 11.1 Å². The Morgan fingerprint density at radius 3 is 2.67 bits per heavy atom. The van der Waals surface area contributed by atoms with Crippen molar-refractivity contribution in [3.63, 3.8) is 0 Å². The summed E-state index contributed by atoms with van der Waals surface area (Å²) >= 11 is 0. The van der Waals surface area contributed by atoms with Gasteiger partial charge in [0.15, 0.2) is 0 Å². The Balaban J connectivity index is 1.94. The van der Waals surface area contributed by atoms with Gasteiger partial charge in [-0.3, -0.25) is 9.59 Å². The maximum absolute atomic E-state index is 12.3. The largest absolute Gasteiger partial charge is 0.481 e. The molecule has 1 aliphatic heterocycles. The molecule has 1 aromatic rings. The summed E-state index contributed by atoms with van der Waals surface area (Å²) in [6.07, 6.45) is 1.13. The predicted octanol–water partition coefficient (Wildman–Crippen LogP) is 1.46. The Bertz CT molecular complexity index is 540. The van der Waals surface area contributed by atoms with Crippen molar-refractivity contribution in [3.8, 4) is 0 Å². The molecule has 0 radical (unpaired) electrons. The molecule has 0 aliphatic carbocycles. The summed E-state index contributed by atoms with van der Waals surface area (Å²) in [4.78, 5) is 23.0. The maximum atomic E-state index is 12.3. The number of amides is 1. The van der Waals surface area contributed by atoms with E-state index in [2.05, 4.69) is 16.7 Å². The molecule has 0 fully saturated rings. The summed E-state index contributed by atoms with van der Waals surface area (Å²) in [6.45, 7) is 4.39. The smallest absolute Gasteiger partial charge is 0.303 e. The number of fused-ring (bicyclic) bond motifs is 1. The third-order valence-electron chi connectivity index (χ3n) is 3.82. The summed E-state index contributed by atoms with van der Waals surface area (Å²) in [6, 6.07) is 7.83. The first-order chi connectivity index (χ1) is 9.87. The van der Waals surface area contributed by atoms with Crippen molar-refractivity contribution in [2.24, 2.45) is 0 Å². The molecule has 1 aromatic carbocycles. The maximum Gasteiger partial charge on any atom is 0.303 e. The molecular formula is C16H22N2O3. The van der Waals surface area contributed by atoms with Crippen LogP contribution in [0.1, 0.15) is 37.8 Å². The van der Waals surface area contributed by atoms with Crippen LogP contribution in [0, 0.1) is 0 Å². The van der Waals surface area contributed by atoms with Crippen LogP contribution in [-0.4, -0.2) is 28.6 Å². The van der Waals surface area contributed by atoms with Crippen LogP contribution in [0.2, 0.25) is 0 Å². The molecule has 2 rings (SSSR count). The highest BCUT2D eigenvalue weighted by molar-refractivity contribution is 5.83.